The van der Waals surface area contributed by atoms with Crippen LogP contribution in [0.25, 0.3) is 6.08 Å². The number of unbranched alkanes of at least 4 members (excludes halogenated alkanes) is 4. The molecule has 1 aromatic rings. The number of fused-ring (bicyclic) bond motifs is 1. The number of aliphatic hydroxyl groups is 1. The molecule has 12 heteroatoms. The lowest BCUT2D eigenvalue weighted by molar-refractivity contribution is -0.190. The van der Waals surface area contributed by atoms with Crippen LogP contribution in [0.2, 0.25) is 0 Å². The Morgan fingerprint density at radius 3 is 2.30 bits per heavy atom. The molecule has 1 aliphatic heterocycles. The average molecular weight is 626 g/mol. The van der Waals surface area contributed by atoms with Crippen molar-refractivity contribution in [2.75, 3.05) is 19.8 Å². The number of ether oxygens (including phenoxy) is 4. The highest BCUT2D eigenvalue weighted by atomic mass is 19.4. The van der Waals surface area contributed by atoms with Gasteiger partial charge in [0.25, 0.3) is 0 Å². The van der Waals surface area contributed by atoms with E-state index >= 15 is 0 Å². The zero-order valence-electron chi connectivity index (χ0n) is 25.2. The molecule has 0 radical (unpaired) electrons. The van der Waals surface area contributed by atoms with Crippen LogP contribution in [0.1, 0.15) is 87.6 Å². The van der Waals surface area contributed by atoms with E-state index < -0.39 is 48.8 Å². The van der Waals surface area contributed by atoms with Gasteiger partial charge in [-0.05, 0) is 42.7 Å². The number of rotatable bonds is 16. The summed E-state index contributed by atoms with van der Waals surface area (Å²) in [4.78, 5) is 37.6. The third-order valence-electron chi connectivity index (χ3n) is 7.38. The van der Waals surface area contributed by atoms with E-state index in [1.54, 1.807) is 6.08 Å². The minimum Gasteiger partial charge on any atom is -0.456 e. The number of carbonyl (C=O) groups is 3. The molecule has 2 N–H and O–H groups in total. The van der Waals surface area contributed by atoms with E-state index in [4.69, 9.17) is 19.3 Å². The Bertz CT molecular complexity index is 1160. The van der Waals surface area contributed by atoms with Crippen LogP contribution < -0.4 is 5.32 Å². The monoisotopic (exact) mass is 625 g/mol. The zero-order valence-corrected chi connectivity index (χ0v) is 25.2. The fourth-order valence-electron chi connectivity index (χ4n) is 5.18. The van der Waals surface area contributed by atoms with Gasteiger partial charge < -0.3 is 29.4 Å². The molecule has 1 heterocycles. The number of halogens is 3. The topological polar surface area (TPSA) is 120 Å². The average Bonchev–Trinajstić information content (AvgIpc) is 3.36. The van der Waals surface area contributed by atoms with Crippen LogP contribution in [0.15, 0.2) is 42.0 Å². The van der Waals surface area contributed by atoms with Crippen molar-refractivity contribution in [1.82, 2.24) is 5.32 Å². The summed E-state index contributed by atoms with van der Waals surface area (Å²) in [6.07, 6.45) is 4.53. The molecule has 3 atom stereocenters. The van der Waals surface area contributed by atoms with Crippen molar-refractivity contribution in [2.45, 2.75) is 102 Å². The Morgan fingerprint density at radius 1 is 1.05 bits per heavy atom. The molecular formula is C32H42F3NO8. The Kier molecular flexibility index (Phi) is 13.4. The standard InChI is InChI=1S/C32H42F3NO8/c1-3-5-7-15-31(16-8-6-4-2)43-26-20-24(29(39)36-17-18-37)19-25(28(26)44-31)42-30(40)23-12-9-22(10-13-23)11-14-27(38)41-21-32(33,34)35/h9-14,20,25-26,28,37H,3-8,15-19,21H2,1-2H3,(H,36,39)/t25-,26-,28+/m1/s1. The largest absolute Gasteiger partial charge is 0.456 e. The third-order valence-corrected chi connectivity index (χ3v) is 7.38. The van der Waals surface area contributed by atoms with Crippen molar-refractivity contribution in [3.63, 3.8) is 0 Å². The summed E-state index contributed by atoms with van der Waals surface area (Å²) in [5.41, 5.74) is 1.01. The van der Waals surface area contributed by atoms with Crippen LogP contribution in [-0.4, -0.2) is 73.0 Å². The van der Waals surface area contributed by atoms with Gasteiger partial charge in [-0.3, -0.25) is 4.79 Å². The van der Waals surface area contributed by atoms with Crippen LogP contribution in [0.4, 0.5) is 13.2 Å². The maximum Gasteiger partial charge on any atom is 0.422 e. The molecule has 0 saturated carbocycles. The molecule has 1 aliphatic carbocycles. The Balaban J connectivity index is 1.75. The molecule has 44 heavy (non-hydrogen) atoms. The van der Waals surface area contributed by atoms with Crippen molar-refractivity contribution in [1.29, 1.82) is 0 Å². The summed E-state index contributed by atoms with van der Waals surface area (Å²) >= 11 is 0. The van der Waals surface area contributed by atoms with E-state index in [1.807, 2.05) is 0 Å². The second-order valence-corrected chi connectivity index (χ2v) is 11.0. The normalized spacial score (nSPS) is 21.0. The number of alkyl halides is 3. The summed E-state index contributed by atoms with van der Waals surface area (Å²) in [6.45, 7) is 2.40. The Morgan fingerprint density at radius 2 is 1.70 bits per heavy atom. The van der Waals surface area contributed by atoms with Gasteiger partial charge in [-0.1, -0.05) is 51.7 Å². The van der Waals surface area contributed by atoms with Crippen LogP contribution in [0.3, 0.4) is 0 Å². The van der Waals surface area contributed by atoms with Crippen LogP contribution in [-0.2, 0) is 28.5 Å². The number of hydrogen-bond donors (Lipinski definition) is 2. The molecular weight excluding hydrogens is 583 g/mol. The van der Waals surface area contributed by atoms with Gasteiger partial charge >= 0.3 is 18.1 Å². The van der Waals surface area contributed by atoms with Crippen molar-refractivity contribution in [2.24, 2.45) is 0 Å². The summed E-state index contributed by atoms with van der Waals surface area (Å²) in [5, 5.41) is 11.8. The van der Waals surface area contributed by atoms with Crippen molar-refractivity contribution in [3.05, 3.63) is 53.1 Å². The molecule has 1 amide bonds. The van der Waals surface area contributed by atoms with Crippen molar-refractivity contribution in [3.8, 4) is 0 Å². The van der Waals surface area contributed by atoms with E-state index in [-0.39, 0.29) is 31.0 Å². The quantitative estimate of drug-likeness (QED) is 0.142. The van der Waals surface area contributed by atoms with E-state index in [0.29, 0.717) is 24.0 Å². The molecule has 1 saturated heterocycles. The summed E-state index contributed by atoms with van der Waals surface area (Å²) < 4.78 is 59.8. The first-order valence-corrected chi connectivity index (χ1v) is 15.2. The highest BCUT2D eigenvalue weighted by Crippen LogP contribution is 2.43. The van der Waals surface area contributed by atoms with Crippen LogP contribution >= 0.6 is 0 Å². The van der Waals surface area contributed by atoms with E-state index in [2.05, 4.69) is 23.9 Å². The lowest BCUT2D eigenvalue weighted by Gasteiger charge is -2.31. The van der Waals surface area contributed by atoms with Crippen molar-refractivity contribution >= 4 is 23.9 Å². The highest BCUT2D eigenvalue weighted by Gasteiger charge is 2.52. The first-order chi connectivity index (χ1) is 21.0. The van der Waals surface area contributed by atoms with E-state index in [9.17, 15) is 27.6 Å². The number of benzene rings is 1. The second-order valence-electron chi connectivity index (χ2n) is 11.0. The highest BCUT2D eigenvalue weighted by molar-refractivity contribution is 5.94. The number of nitrogens with one attached hydrogen (secondary N) is 1. The fraction of sp³-hybridized carbons (Fsp3) is 0.594. The number of aliphatic hydroxyl groups excluding tert-OH is 1. The molecule has 2 aliphatic rings. The Hall–Kier alpha value is -3.22. The molecule has 0 aromatic heterocycles. The SMILES string of the molecule is CCCCCC1(CCCCC)O[C@@H]2[C@@H](C=C(C(=O)NCCO)C[C@H]2OC(=O)c2ccc(C=CC(=O)OCC(F)(F)F)cc2)O1. The van der Waals surface area contributed by atoms with Gasteiger partial charge in [-0.15, -0.1) is 0 Å². The van der Waals surface area contributed by atoms with Crippen LogP contribution in [0.5, 0.6) is 0 Å². The summed E-state index contributed by atoms with van der Waals surface area (Å²) in [7, 11) is 0. The van der Waals surface area contributed by atoms with Gasteiger partial charge in [0.2, 0.25) is 5.91 Å². The van der Waals surface area contributed by atoms with Gasteiger partial charge in [-0.2, -0.15) is 13.2 Å². The molecule has 1 aromatic carbocycles. The molecule has 244 valence electrons. The van der Waals surface area contributed by atoms with Gasteiger partial charge in [-0.25, -0.2) is 9.59 Å². The van der Waals surface area contributed by atoms with Crippen molar-refractivity contribution < 1.29 is 51.6 Å². The fourth-order valence-corrected chi connectivity index (χ4v) is 5.18. The smallest absolute Gasteiger partial charge is 0.422 e. The second kappa shape index (κ2) is 16.7. The number of esters is 2. The lowest BCUT2D eigenvalue weighted by atomic mass is 9.91. The molecule has 0 unspecified atom stereocenters. The number of amides is 1. The summed E-state index contributed by atoms with van der Waals surface area (Å²) in [6, 6.07) is 5.92. The molecule has 1 fully saturated rings. The first-order valence-electron chi connectivity index (χ1n) is 15.2. The summed E-state index contributed by atoms with van der Waals surface area (Å²) in [5.74, 6) is -3.05. The van der Waals surface area contributed by atoms with Gasteiger partial charge in [0.1, 0.15) is 18.3 Å². The van der Waals surface area contributed by atoms with Gasteiger partial charge in [0, 0.05) is 37.5 Å². The van der Waals surface area contributed by atoms with E-state index in [0.717, 1.165) is 44.6 Å². The Labute approximate surface area is 255 Å². The lowest BCUT2D eigenvalue weighted by Crippen LogP contribution is -2.43. The first kappa shape index (κ1) is 35.3. The number of hydrogen-bond acceptors (Lipinski definition) is 8. The van der Waals surface area contributed by atoms with Crippen LogP contribution in [0, 0.1) is 0 Å². The van der Waals surface area contributed by atoms with Gasteiger partial charge in [0.15, 0.2) is 12.4 Å². The molecule has 9 nitrogen and oxygen atoms in total. The maximum atomic E-state index is 13.2. The third kappa shape index (κ3) is 10.7. The van der Waals surface area contributed by atoms with E-state index in [1.165, 1.54) is 30.3 Å². The minimum absolute atomic E-state index is 0.0743. The predicted octanol–water partition coefficient (Wildman–Crippen LogP) is 5.41. The van der Waals surface area contributed by atoms with Gasteiger partial charge in [0.05, 0.1) is 12.2 Å². The zero-order chi connectivity index (χ0) is 32.2. The molecule has 0 bridgehead atoms. The molecule has 0 spiro atoms. The number of carbonyl (C=O) groups excluding carboxylic acids is 3. The predicted molar refractivity (Wildman–Crippen MR) is 155 cm³/mol. The molecule has 3 rings (SSSR count). The minimum atomic E-state index is -4.62. The maximum absolute atomic E-state index is 13.2.